The van der Waals surface area contributed by atoms with Gasteiger partial charge in [0.1, 0.15) is 11.5 Å². The van der Waals surface area contributed by atoms with Gasteiger partial charge in [-0.05, 0) is 18.2 Å². The van der Waals surface area contributed by atoms with Crippen LogP contribution in [0, 0.1) is 0 Å². The number of methoxy groups -OCH3 is 2. The van der Waals surface area contributed by atoms with E-state index in [0.717, 1.165) is 0 Å². The summed E-state index contributed by atoms with van der Waals surface area (Å²) in [6.07, 6.45) is 3.02. The largest absolute Gasteiger partial charge is 0.497 e. The average molecular weight is 258 g/mol. The number of nitrogens with zero attached hydrogens (tertiary/aromatic N) is 1. The molecule has 0 radical (unpaired) electrons. The molecular formula is C14H14N2O3. The number of carbonyl (C=O) groups is 1. The summed E-state index contributed by atoms with van der Waals surface area (Å²) in [6, 6.07) is 6.56. The predicted molar refractivity (Wildman–Crippen MR) is 71.6 cm³/mol. The fraction of sp³-hybridized carbons (Fsp3) is 0.143. The van der Waals surface area contributed by atoms with Crippen molar-refractivity contribution >= 4 is 11.5 Å². The predicted octanol–water partition coefficient (Wildman–Crippen LogP) is 1.91. The average Bonchev–Trinajstić information content (AvgIpc) is 2.46. The summed E-state index contributed by atoms with van der Waals surface area (Å²) < 4.78 is 10.1. The Labute approximate surface area is 111 Å². The third-order valence-electron chi connectivity index (χ3n) is 2.71. The van der Waals surface area contributed by atoms with Gasteiger partial charge >= 0.3 is 0 Å². The van der Waals surface area contributed by atoms with Crippen molar-refractivity contribution in [1.82, 2.24) is 4.98 Å². The molecule has 2 N–H and O–H groups in total. The zero-order valence-corrected chi connectivity index (χ0v) is 10.7. The molecule has 1 aromatic carbocycles. The first-order valence-electron chi connectivity index (χ1n) is 5.63. The molecule has 0 bridgehead atoms. The van der Waals surface area contributed by atoms with Crippen LogP contribution >= 0.6 is 0 Å². The van der Waals surface area contributed by atoms with E-state index in [1.165, 1.54) is 19.5 Å². The smallest absolute Gasteiger partial charge is 0.196 e. The van der Waals surface area contributed by atoms with Crippen molar-refractivity contribution in [3.63, 3.8) is 0 Å². The van der Waals surface area contributed by atoms with Crippen LogP contribution < -0.4 is 15.2 Å². The maximum Gasteiger partial charge on any atom is 0.196 e. The number of ether oxygens (including phenoxy) is 2. The standard InChI is InChI=1S/C14H14N2O3/c1-18-10-3-4-12(13(15)6-10)14(17)9-5-11(19-2)8-16-7-9/h3-8H,15H2,1-2H3. The number of benzene rings is 1. The second-order valence-corrected chi connectivity index (χ2v) is 3.90. The van der Waals surface area contributed by atoms with Gasteiger partial charge < -0.3 is 15.2 Å². The van der Waals surface area contributed by atoms with Crippen LogP contribution in [-0.2, 0) is 0 Å². The lowest BCUT2D eigenvalue weighted by Gasteiger charge is -2.07. The van der Waals surface area contributed by atoms with Crippen LogP contribution in [0.5, 0.6) is 11.5 Å². The van der Waals surface area contributed by atoms with E-state index < -0.39 is 0 Å². The minimum absolute atomic E-state index is 0.202. The van der Waals surface area contributed by atoms with Crippen molar-refractivity contribution in [3.05, 3.63) is 47.8 Å². The third kappa shape index (κ3) is 2.65. The topological polar surface area (TPSA) is 74.4 Å². The molecule has 2 rings (SSSR count). The van der Waals surface area contributed by atoms with E-state index in [2.05, 4.69) is 4.98 Å². The van der Waals surface area contributed by atoms with E-state index in [-0.39, 0.29) is 5.78 Å². The highest BCUT2D eigenvalue weighted by molar-refractivity contribution is 6.12. The zero-order valence-electron chi connectivity index (χ0n) is 10.7. The van der Waals surface area contributed by atoms with E-state index in [0.29, 0.717) is 28.3 Å². The van der Waals surface area contributed by atoms with Gasteiger partial charge in [-0.2, -0.15) is 0 Å². The molecule has 0 atom stereocenters. The summed E-state index contributed by atoms with van der Waals surface area (Å²) in [4.78, 5) is 16.3. The zero-order chi connectivity index (χ0) is 13.8. The molecule has 0 amide bonds. The molecule has 2 aromatic rings. The minimum Gasteiger partial charge on any atom is -0.497 e. The maximum atomic E-state index is 12.3. The number of rotatable bonds is 4. The highest BCUT2D eigenvalue weighted by Crippen LogP contribution is 2.23. The van der Waals surface area contributed by atoms with Gasteiger partial charge in [0.15, 0.2) is 5.78 Å². The Hall–Kier alpha value is -2.56. The van der Waals surface area contributed by atoms with Gasteiger partial charge in [0.05, 0.1) is 20.4 Å². The number of hydrogen-bond donors (Lipinski definition) is 1. The van der Waals surface area contributed by atoms with Crippen LogP contribution in [0.15, 0.2) is 36.7 Å². The molecule has 5 nitrogen and oxygen atoms in total. The molecule has 0 fully saturated rings. The van der Waals surface area contributed by atoms with Crippen LogP contribution in [0.2, 0.25) is 0 Å². The SMILES string of the molecule is COc1cncc(C(=O)c2ccc(OC)cc2N)c1. The molecule has 0 aliphatic carbocycles. The first kappa shape index (κ1) is 12.9. The number of anilines is 1. The summed E-state index contributed by atoms with van der Waals surface area (Å²) in [7, 11) is 3.06. The lowest BCUT2D eigenvalue weighted by Crippen LogP contribution is -2.06. The quantitative estimate of drug-likeness (QED) is 0.669. The number of nitrogen functional groups attached to an aromatic ring is 1. The van der Waals surface area contributed by atoms with Crippen LogP contribution in [0.25, 0.3) is 0 Å². The Morgan fingerprint density at radius 3 is 2.47 bits per heavy atom. The van der Waals surface area contributed by atoms with Crippen LogP contribution in [-0.4, -0.2) is 25.0 Å². The van der Waals surface area contributed by atoms with Crippen LogP contribution in [0.1, 0.15) is 15.9 Å². The number of carbonyl (C=O) groups excluding carboxylic acids is 1. The third-order valence-corrected chi connectivity index (χ3v) is 2.71. The summed E-state index contributed by atoms with van der Waals surface area (Å²) >= 11 is 0. The van der Waals surface area contributed by atoms with Crippen molar-refractivity contribution in [2.75, 3.05) is 20.0 Å². The van der Waals surface area contributed by atoms with Crippen LogP contribution in [0.4, 0.5) is 5.69 Å². The van der Waals surface area contributed by atoms with Gasteiger partial charge in [-0.1, -0.05) is 0 Å². The van der Waals surface area contributed by atoms with Gasteiger partial charge in [0, 0.05) is 29.1 Å². The molecule has 0 saturated carbocycles. The summed E-state index contributed by atoms with van der Waals surface area (Å²) in [6.45, 7) is 0. The van der Waals surface area contributed by atoms with E-state index in [1.807, 2.05) is 0 Å². The molecule has 1 aromatic heterocycles. The van der Waals surface area contributed by atoms with Gasteiger partial charge in [0.2, 0.25) is 0 Å². The van der Waals surface area contributed by atoms with Crippen molar-refractivity contribution in [3.8, 4) is 11.5 Å². The first-order chi connectivity index (χ1) is 9.15. The fourth-order valence-corrected chi connectivity index (χ4v) is 1.68. The Morgan fingerprint density at radius 2 is 1.84 bits per heavy atom. The van der Waals surface area contributed by atoms with Crippen molar-refractivity contribution < 1.29 is 14.3 Å². The van der Waals surface area contributed by atoms with Gasteiger partial charge in [-0.3, -0.25) is 9.78 Å². The highest BCUT2D eigenvalue weighted by atomic mass is 16.5. The molecular weight excluding hydrogens is 244 g/mol. The Kier molecular flexibility index (Phi) is 3.66. The Balaban J connectivity index is 2.38. The Bertz CT molecular complexity index is 611. The maximum absolute atomic E-state index is 12.3. The number of ketones is 1. The van der Waals surface area contributed by atoms with Crippen molar-refractivity contribution in [2.24, 2.45) is 0 Å². The highest BCUT2D eigenvalue weighted by Gasteiger charge is 2.14. The van der Waals surface area contributed by atoms with Gasteiger partial charge in [-0.25, -0.2) is 0 Å². The van der Waals surface area contributed by atoms with Crippen LogP contribution in [0.3, 0.4) is 0 Å². The van der Waals surface area contributed by atoms with E-state index in [9.17, 15) is 4.79 Å². The monoisotopic (exact) mass is 258 g/mol. The fourth-order valence-electron chi connectivity index (χ4n) is 1.68. The molecule has 19 heavy (non-hydrogen) atoms. The second kappa shape index (κ2) is 5.39. The van der Waals surface area contributed by atoms with Crippen molar-refractivity contribution in [2.45, 2.75) is 0 Å². The Morgan fingerprint density at radius 1 is 1.11 bits per heavy atom. The van der Waals surface area contributed by atoms with E-state index in [1.54, 1.807) is 31.4 Å². The lowest BCUT2D eigenvalue weighted by atomic mass is 10.0. The molecule has 0 unspecified atom stereocenters. The molecule has 5 heteroatoms. The molecule has 1 heterocycles. The normalized spacial score (nSPS) is 10.0. The number of pyridine rings is 1. The second-order valence-electron chi connectivity index (χ2n) is 3.90. The molecule has 0 aliphatic rings. The summed E-state index contributed by atoms with van der Waals surface area (Å²) in [5, 5.41) is 0. The number of aromatic nitrogens is 1. The van der Waals surface area contributed by atoms with Gasteiger partial charge in [0.25, 0.3) is 0 Å². The summed E-state index contributed by atoms with van der Waals surface area (Å²) in [5.41, 5.74) is 7.06. The minimum atomic E-state index is -0.202. The molecule has 0 saturated heterocycles. The van der Waals surface area contributed by atoms with E-state index >= 15 is 0 Å². The first-order valence-corrected chi connectivity index (χ1v) is 5.63. The van der Waals surface area contributed by atoms with Crippen molar-refractivity contribution in [1.29, 1.82) is 0 Å². The molecule has 0 spiro atoms. The molecule has 98 valence electrons. The number of hydrogen-bond acceptors (Lipinski definition) is 5. The number of nitrogens with two attached hydrogens (primary N) is 1. The van der Waals surface area contributed by atoms with Gasteiger partial charge in [-0.15, -0.1) is 0 Å². The molecule has 0 aliphatic heterocycles. The van der Waals surface area contributed by atoms with E-state index in [4.69, 9.17) is 15.2 Å². The summed E-state index contributed by atoms with van der Waals surface area (Å²) in [5.74, 6) is 0.933. The lowest BCUT2D eigenvalue weighted by molar-refractivity contribution is 0.103.